The van der Waals surface area contributed by atoms with E-state index in [1.54, 1.807) is 24.0 Å². The topological polar surface area (TPSA) is 57.7 Å². The Balaban J connectivity index is 1.72. The predicted octanol–water partition coefficient (Wildman–Crippen LogP) is 2.73. The summed E-state index contributed by atoms with van der Waals surface area (Å²) in [6.45, 7) is 3.21. The van der Waals surface area contributed by atoms with Gasteiger partial charge in [-0.05, 0) is 54.2 Å². The van der Waals surface area contributed by atoms with Gasteiger partial charge >= 0.3 is 0 Å². The Morgan fingerprint density at radius 1 is 0.962 bits per heavy atom. The Kier molecular flexibility index (Phi) is 4.23. The zero-order valence-corrected chi connectivity index (χ0v) is 15.6. The maximum atomic E-state index is 13.3. The molecule has 0 aromatic heterocycles. The first-order valence-corrected chi connectivity index (χ1v) is 10.4. The predicted molar refractivity (Wildman–Crippen MR) is 101 cm³/mol. The first kappa shape index (κ1) is 17.1. The minimum Gasteiger partial charge on any atom is -0.338 e. The largest absolute Gasteiger partial charge is 0.338 e. The van der Waals surface area contributed by atoms with E-state index in [0.29, 0.717) is 24.5 Å². The van der Waals surface area contributed by atoms with E-state index >= 15 is 0 Å². The Labute approximate surface area is 154 Å². The number of rotatable bonds is 2. The molecule has 0 unspecified atom stereocenters. The van der Waals surface area contributed by atoms with Gasteiger partial charge in [0.25, 0.3) is 10.0 Å². The lowest BCUT2D eigenvalue weighted by Gasteiger charge is -2.31. The molecule has 0 atom stereocenters. The molecular formula is C20H22N2O3S. The van der Waals surface area contributed by atoms with Gasteiger partial charge in [0.15, 0.2) is 0 Å². The van der Waals surface area contributed by atoms with Crippen molar-refractivity contribution in [1.82, 2.24) is 4.90 Å². The van der Waals surface area contributed by atoms with Crippen LogP contribution < -0.4 is 4.31 Å². The number of para-hydroxylation sites is 1. The molecular weight excluding hydrogens is 348 g/mol. The van der Waals surface area contributed by atoms with Gasteiger partial charge in [-0.3, -0.25) is 9.10 Å². The number of sulfonamides is 1. The highest BCUT2D eigenvalue weighted by atomic mass is 32.2. The van der Waals surface area contributed by atoms with Crippen molar-refractivity contribution in [3.63, 3.8) is 0 Å². The van der Waals surface area contributed by atoms with Crippen LogP contribution in [0, 0.1) is 0 Å². The minimum atomic E-state index is -3.62. The molecule has 136 valence electrons. The molecule has 0 bridgehead atoms. The maximum absolute atomic E-state index is 13.3. The van der Waals surface area contributed by atoms with E-state index < -0.39 is 10.0 Å². The van der Waals surface area contributed by atoms with E-state index in [-0.39, 0.29) is 5.91 Å². The summed E-state index contributed by atoms with van der Waals surface area (Å²) in [4.78, 5) is 13.7. The fourth-order valence-electron chi connectivity index (χ4n) is 3.84. The van der Waals surface area contributed by atoms with Gasteiger partial charge in [0.2, 0.25) is 5.91 Å². The molecule has 0 spiro atoms. The molecule has 0 radical (unpaired) electrons. The third kappa shape index (κ3) is 2.88. The molecule has 0 aliphatic carbocycles. The zero-order valence-electron chi connectivity index (χ0n) is 14.8. The van der Waals surface area contributed by atoms with Crippen LogP contribution in [0.25, 0.3) is 0 Å². The van der Waals surface area contributed by atoms with Crippen LogP contribution in [0.1, 0.15) is 30.0 Å². The molecule has 4 rings (SSSR count). The van der Waals surface area contributed by atoms with Crippen molar-refractivity contribution < 1.29 is 13.2 Å². The first-order chi connectivity index (χ1) is 12.5. The Morgan fingerprint density at radius 2 is 1.77 bits per heavy atom. The van der Waals surface area contributed by atoms with Crippen molar-refractivity contribution in [2.24, 2.45) is 0 Å². The molecule has 0 fully saturated rings. The summed E-state index contributed by atoms with van der Waals surface area (Å²) >= 11 is 0. The summed E-state index contributed by atoms with van der Waals surface area (Å²) in [5.74, 6) is 0.0221. The molecule has 2 heterocycles. The van der Waals surface area contributed by atoms with Crippen molar-refractivity contribution in [2.45, 2.75) is 37.6 Å². The SMILES string of the molecule is CC(=O)N1CCc2ccc(S(=O)(=O)N3CCCc4ccccc43)cc2C1. The van der Waals surface area contributed by atoms with Crippen LogP contribution >= 0.6 is 0 Å². The molecule has 6 heteroatoms. The molecule has 2 aliphatic rings. The number of hydrogen-bond acceptors (Lipinski definition) is 3. The van der Waals surface area contributed by atoms with E-state index in [1.807, 2.05) is 30.3 Å². The number of fused-ring (bicyclic) bond motifs is 2. The Morgan fingerprint density at radius 3 is 2.58 bits per heavy atom. The molecule has 5 nitrogen and oxygen atoms in total. The number of aryl methyl sites for hydroxylation is 1. The Bertz CT molecular complexity index is 969. The van der Waals surface area contributed by atoms with Gasteiger partial charge in [-0.2, -0.15) is 0 Å². The van der Waals surface area contributed by atoms with Crippen LogP contribution in [-0.2, 0) is 34.2 Å². The van der Waals surface area contributed by atoms with Gasteiger partial charge in [0.05, 0.1) is 10.6 Å². The summed E-state index contributed by atoms with van der Waals surface area (Å²) < 4.78 is 28.1. The lowest BCUT2D eigenvalue weighted by atomic mass is 10.00. The summed E-state index contributed by atoms with van der Waals surface area (Å²) in [7, 11) is -3.62. The number of nitrogens with zero attached hydrogens (tertiary/aromatic N) is 2. The van der Waals surface area contributed by atoms with Gasteiger partial charge in [-0.15, -0.1) is 0 Å². The van der Waals surface area contributed by atoms with Crippen molar-refractivity contribution >= 4 is 21.6 Å². The van der Waals surface area contributed by atoms with Crippen LogP contribution in [0.4, 0.5) is 5.69 Å². The normalized spacial score (nSPS) is 16.8. The van der Waals surface area contributed by atoms with Gasteiger partial charge in [-0.25, -0.2) is 8.42 Å². The van der Waals surface area contributed by atoms with Gasteiger partial charge in [0, 0.05) is 26.6 Å². The number of benzene rings is 2. The molecule has 1 amide bonds. The number of anilines is 1. The van der Waals surface area contributed by atoms with Crippen LogP contribution in [0.15, 0.2) is 47.4 Å². The van der Waals surface area contributed by atoms with E-state index in [0.717, 1.165) is 41.6 Å². The lowest BCUT2D eigenvalue weighted by molar-refractivity contribution is -0.129. The second kappa shape index (κ2) is 6.43. The fourth-order valence-corrected chi connectivity index (χ4v) is 5.43. The summed E-state index contributed by atoms with van der Waals surface area (Å²) in [6.07, 6.45) is 2.49. The molecule has 0 saturated carbocycles. The van der Waals surface area contributed by atoms with E-state index in [9.17, 15) is 13.2 Å². The second-order valence-corrected chi connectivity index (χ2v) is 8.79. The molecule has 2 aromatic carbocycles. The Hall–Kier alpha value is -2.34. The van der Waals surface area contributed by atoms with Crippen LogP contribution in [0.5, 0.6) is 0 Å². The number of amides is 1. The first-order valence-electron chi connectivity index (χ1n) is 8.95. The van der Waals surface area contributed by atoms with Crippen molar-refractivity contribution in [3.8, 4) is 0 Å². The molecule has 0 N–H and O–H groups in total. The number of hydrogen-bond donors (Lipinski definition) is 0. The van der Waals surface area contributed by atoms with Crippen molar-refractivity contribution in [1.29, 1.82) is 0 Å². The monoisotopic (exact) mass is 370 g/mol. The van der Waals surface area contributed by atoms with Gasteiger partial charge in [-0.1, -0.05) is 24.3 Å². The summed E-state index contributed by atoms with van der Waals surface area (Å²) in [5, 5.41) is 0. The smallest absolute Gasteiger partial charge is 0.264 e. The van der Waals surface area contributed by atoms with Crippen LogP contribution in [0.2, 0.25) is 0 Å². The summed E-state index contributed by atoms with van der Waals surface area (Å²) in [6, 6.07) is 13.0. The van der Waals surface area contributed by atoms with Crippen molar-refractivity contribution in [2.75, 3.05) is 17.4 Å². The average molecular weight is 370 g/mol. The summed E-state index contributed by atoms with van der Waals surface area (Å²) in [5.41, 5.74) is 3.91. The number of carbonyl (C=O) groups excluding carboxylic acids is 1. The standard InChI is InChI=1S/C20H22N2O3S/c1-15(23)21-12-10-16-8-9-19(13-18(16)14-21)26(24,25)22-11-4-6-17-5-2-3-7-20(17)22/h2-3,5,7-9,13H,4,6,10-12,14H2,1H3. The molecule has 2 aromatic rings. The van der Waals surface area contributed by atoms with E-state index in [2.05, 4.69) is 0 Å². The highest BCUT2D eigenvalue weighted by molar-refractivity contribution is 7.92. The van der Waals surface area contributed by atoms with Crippen LogP contribution in [0.3, 0.4) is 0 Å². The quantitative estimate of drug-likeness (QED) is 0.817. The fraction of sp³-hybridized carbons (Fsp3) is 0.350. The third-order valence-electron chi connectivity index (χ3n) is 5.29. The van der Waals surface area contributed by atoms with Crippen LogP contribution in [-0.4, -0.2) is 32.3 Å². The molecule has 0 saturated heterocycles. The minimum absolute atomic E-state index is 0.0221. The third-order valence-corrected chi connectivity index (χ3v) is 7.10. The second-order valence-electron chi connectivity index (χ2n) is 6.93. The molecule has 2 aliphatic heterocycles. The highest BCUT2D eigenvalue weighted by Gasteiger charge is 2.30. The van der Waals surface area contributed by atoms with E-state index in [4.69, 9.17) is 0 Å². The maximum Gasteiger partial charge on any atom is 0.264 e. The number of carbonyl (C=O) groups is 1. The van der Waals surface area contributed by atoms with Gasteiger partial charge < -0.3 is 4.90 Å². The lowest BCUT2D eigenvalue weighted by Crippen LogP contribution is -2.36. The van der Waals surface area contributed by atoms with E-state index in [1.165, 1.54) is 4.31 Å². The van der Waals surface area contributed by atoms with Crippen molar-refractivity contribution in [3.05, 3.63) is 59.2 Å². The average Bonchev–Trinajstić information content (AvgIpc) is 2.66. The highest BCUT2D eigenvalue weighted by Crippen LogP contribution is 2.33. The zero-order chi connectivity index (χ0) is 18.3. The molecule has 26 heavy (non-hydrogen) atoms. The van der Waals surface area contributed by atoms with Gasteiger partial charge in [0.1, 0.15) is 0 Å².